The Kier molecular flexibility index (Phi) is 4.87. The average Bonchev–Trinajstić information content (AvgIpc) is 2.98. The molecule has 106 valence electrons. The molecule has 2 heterocycles. The fraction of sp³-hybridized carbons (Fsp3) is 0.333. The smallest absolute Gasteiger partial charge is 0.245 e. The predicted molar refractivity (Wildman–Crippen MR) is 81.2 cm³/mol. The molecule has 0 aliphatic rings. The molecule has 2 rings (SSSR count). The van der Waals surface area contributed by atoms with Crippen molar-refractivity contribution in [3.8, 4) is 0 Å². The van der Waals surface area contributed by atoms with Gasteiger partial charge in [0.15, 0.2) is 0 Å². The number of carbonyl (C=O) groups excluding carboxylic acids is 1. The van der Waals surface area contributed by atoms with Gasteiger partial charge in [0.2, 0.25) is 5.91 Å². The zero-order valence-corrected chi connectivity index (χ0v) is 12.5. The number of nitrogens with zero attached hydrogens (tertiary/aromatic N) is 2. The van der Waals surface area contributed by atoms with Crippen LogP contribution < -0.4 is 5.73 Å². The lowest BCUT2D eigenvalue weighted by Gasteiger charge is -2.29. The third kappa shape index (κ3) is 3.43. The highest BCUT2D eigenvalue weighted by Crippen LogP contribution is 2.21. The maximum absolute atomic E-state index is 12.6. The highest BCUT2D eigenvalue weighted by Gasteiger charge is 2.25. The van der Waals surface area contributed by atoms with E-state index in [2.05, 4.69) is 4.98 Å². The van der Waals surface area contributed by atoms with E-state index in [1.807, 2.05) is 43.5 Å². The quantitative estimate of drug-likeness (QED) is 0.920. The molecule has 0 aliphatic heterocycles. The van der Waals surface area contributed by atoms with Gasteiger partial charge in [-0.2, -0.15) is 0 Å². The van der Waals surface area contributed by atoms with Crippen LogP contribution in [0.1, 0.15) is 30.3 Å². The molecule has 2 aromatic rings. The second-order valence-corrected chi connectivity index (χ2v) is 5.89. The Hall–Kier alpha value is -1.72. The van der Waals surface area contributed by atoms with Crippen LogP contribution in [0.4, 0.5) is 0 Å². The summed E-state index contributed by atoms with van der Waals surface area (Å²) >= 11 is 1.51. The van der Waals surface area contributed by atoms with E-state index < -0.39 is 6.04 Å². The van der Waals surface area contributed by atoms with Crippen molar-refractivity contribution in [2.45, 2.75) is 32.5 Å². The summed E-state index contributed by atoms with van der Waals surface area (Å²) in [5.74, 6) is -0.0497. The van der Waals surface area contributed by atoms with E-state index in [1.165, 1.54) is 11.3 Å². The minimum Gasteiger partial charge on any atom is -0.334 e. The molecule has 1 unspecified atom stereocenters. The second-order valence-electron chi connectivity index (χ2n) is 4.91. The van der Waals surface area contributed by atoms with E-state index in [-0.39, 0.29) is 11.9 Å². The Balaban J connectivity index is 2.14. The van der Waals surface area contributed by atoms with Crippen LogP contribution in [0.15, 0.2) is 42.0 Å². The van der Waals surface area contributed by atoms with Crippen LogP contribution in [0.5, 0.6) is 0 Å². The summed E-state index contributed by atoms with van der Waals surface area (Å²) in [5.41, 5.74) is 7.09. The normalized spacial score (nSPS) is 12.4. The fourth-order valence-electron chi connectivity index (χ4n) is 1.97. The summed E-state index contributed by atoms with van der Waals surface area (Å²) in [7, 11) is 0. The highest BCUT2D eigenvalue weighted by molar-refractivity contribution is 7.10. The van der Waals surface area contributed by atoms with Gasteiger partial charge >= 0.3 is 0 Å². The standard InChI is InChI=1S/C15H19N3OS/c1-11(2)18(10-12-5-3-7-17-9-12)15(19)14(16)13-6-4-8-20-13/h3-9,11,14H,10,16H2,1-2H3. The third-order valence-electron chi connectivity index (χ3n) is 3.10. The molecule has 1 atom stereocenters. The third-order valence-corrected chi connectivity index (χ3v) is 4.05. The first-order valence-electron chi connectivity index (χ1n) is 6.58. The van der Waals surface area contributed by atoms with Gasteiger partial charge in [-0.05, 0) is 36.9 Å². The number of hydrogen-bond donors (Lipinski definition) is 1. The number of pyridine rings is 1. The summed E-state index contributed by atoms with van der Waals surface area (Å²) in [6.45, 7) is 4.52. The van der Waals surface area contributed by atoms with Gasteiger partial charge in [0, 0.05) is 29.9 Å². The van der Waals surface area contributed by atoms with Crippen molar-refractivity contribution in [3.63, 3.8) is 0 Å². The molecule has 0 aliphatic carbocycles. The van der Waals surface area contributed by atoms with Crippen LogP contribution >= 0.6 is 11.3 Å². The molecule has 0 saturated heterocycles. The van der Waals surface area contributed by atoms with Gasteiger partial charge in [0.05, 0.1) is 0 Å². The van der Waals surface area contributed by atoms with Crippen LogP contribution in [0, 0.1) is 0 Å². The van der Waals surface area contributed by atoms with Gasteiger partial charge < -0.3 is 10.6 Å². The van der Waals surface area contributed by atoms with E-state index >= 15 is 0 Å². The Morgan fingerprint density at radius 2 is 2.20 bits per heavy atom. The van der Waals surface area contributed by atoms with Gasteiger partial charge in [-0.15, -0.1) is 11.3 Å². The SMILES string of the molecule is CC(C)N(Cc1cccnc1)C(=O)C(N)c1cccs1. The molecule has 2 N–H and O–H groups in total. The maximum atomic E-state index is 12.6. The first kappa shape index (κ1) is 14.7. The van der Waals surface area contributed by atoms with Crippen LogP contribution in [-0.4, -0.2) is 21.8 Å². The van der Waals surface area contributed by atoms with Crippen molar-refractivity contribution in [1.82, 2.24) is 9.88 Å². The molecule has 20 heavy (non-hydrogen) atoms. The average molecular weight is 289 g/mol. The minimum atomic E-state index is -0.589. The molecule has 0 spiro atoms. The number of carbonyl (C=O) groups is 1. The first-order chi connectivity index (χ1) is 9.59. The number of aromatic nitrogens is 1. The summed E-state index contributed by atoms with van der Waals surface area (Å²) in [4.78, 5) is 19.3. The van der Waals surface area contributed by atoms with Crippen LogP contribution in [-0.2, 0) is 11.3 Å². The van der Waals surface area contributed by atoms with Crippen molar-refractivity contribution in [2.75, 3.05) is 0 Å². The molecule has 5 heteroatoms. The summed E-state index contributed by atoms with van der Waals surface area (Å²) < 4.78 is 0. The maximum Gasteiger partial charge on any atom is 0.245 e. The highest BCUT2D eigenvalue weighted by atomic mass is 32.1. The minimum absolute atomic E-state index is 0.0497. The zero-order chi connectivity index (χ0) is 14.5. The predicted octanol–water partition coefficient (Wildman–Crippen LogP) is 2.58. The van der Waals surface area contributed by atoms with Gasteiger partial charge in [-0.1, -0.05) is 12.1 Å². The monoisotopic (exact) mass is 289 g/mol. The molecule has 0 saturated carbocycles. The molecule has 1 amide bonds. The van der Waals surface area contributed by atoms with Crippen molar-refractivity contribution in [2.24, 2.45) is 5.73 Å². The van der Waals surface area contributed by atoms with E-state index in [0.29, 0.717) is 6.54 Å². The van der Waals surface area contributed by atoms with Gasteiger partial charge in [0.25, 0.3) is 0 Å². The van der Waals surface area contributed by atoms with E-state index in [0.717, 1.165) is 10.4 Å². The van der Waals surface area contributed by atoms with E-state index in [1.54, 1.807) is 17.3 Å². The Labute approximate surface area is 123 Å². The number of amides is 1. The molecule has 0 fully saturated rings. The fourth-order valence-corrected chi connectivity index (χ4v) is 2.69. The lowest BCUT2D eigenvalue weighted by Crippen LogP contribution is -2.42. The number of hydrogen-bond acceptors (Lipinski definition) is 4. The van der Waals surface area contributed by atoms with Gasteiger partial charge in [-0.3, -0.25) is 9.78 Å². The van der Waals surface area contributed by atoms with Crippen LogP contribution in [0.2, 0.25) is 0 Å². The van der Waals surface area contributed by atoms with Crippen molar-refractivity contribution < 1.29 is 4.79 Å². The summed E-state index contributed by atoms with van der Waals surface area (Å²) in [5, 5.41) is 1.93. The van der Waals surface area contributed by atoms with Crippen molar-refractivity contribution in [1.29, 1.82) is 0 Å². The topological polar surface area (TPSA) is 59.2 Å². The molecule has 2 aromatic heterocycles. The molecule has 4 nitrogen and oxygen atoms in total. The van der Waals surface area contributed by atoms with Crippen molar-refractivity contribution in [3.05, 3.63) is 52.5 Å². The lowest BCUT2D eigenvalue weighted by atomic mass is 10.1. The molecule has 0 aromatic carbocycles. The zero-order valence-electron chi connectivity index (χ0n) is 11.7. The molecular formula is C15H19N3OS. The van der Waals surface area contributed by atoms with Crippen LogP contribution in [0.3, 0.4) is 0 Å². The largest absolute Gasteiger partial charge is 0.334 e. The van der Waals surface area contributed by atoms with E-state index in [9.17, 15) is 4.79 Å². The summed E-state index contributed by atoms with van der Waals surface area (Å²) in [6.07, 6.45) is 3.50. The van der Waals surface area contributed by atoms with Gasteiger partial charge in [-0.25, -0.2) is 0 Å². The number of nitrogens with two attached hydrogens (primary N) is 1. The molecule has 0 bridgehead atoms. The van der Waals surface area contributed by atoms with Crippen molar-refractivity contribution >= 4 is 17.2 Å². The number of thiophene rings is 1. The summed E-state index contributed by atoms with van der Waals surface area (Å²) in [6, 6.07) is 7.15. The van der Waals surface area contributed by atoms with Gasteiger partial charge in [0.1, 0.15) is 6.04 Å². The molecule has 0 radical (unpaired) electrons. The lowest BCUT2D eigenvalue weighted by molar-refractivity contribution is -0.135. The Morgan fingerprint density at radius 1 is 1.40 bits per heavy atom. The molecular weight excluding hydrogens is 270 g/mol. The second kappa shape index (κ2) is 6.63. The Bertz CT molecular complexity index is 540. The van der Waals surface area contributed by atoms with Crippen LogP contribution in [0.25, 0.3) is 0 Å². The van der Waals surface area contributed by atoms with E-state index in [4.69, 9.17) is 5.73 Å². The first-order valence-corrected chi connectivity index (χ1v) is 7.46. The Morgan fingerprint density at radius 3 is 2.75 bits per heavy atom. The number of rotatable bonds is 5.